The Balaban J connectivity index is 1.76. The predicted octanol–water partition coefficient (Wildman–Crippen LogP) is 2.92. The molecule has 1 aliphatic heterocycles. The van der Waals surface area contributed by atoms with Crippen LogP contribution in [0.5, 0.6) is 0 Å². The van der Waals surface area contributed by atoms with Gasteiger partial charge in [0.25, 0.3) is 0 Å². The summed E-state index contributed by atoms with van der Waals surface area (Å²) in [5.74, 6) is 0.561. The van der Waals surface area contributed by atoms with Crippen LogP contribution in [-0.2, 0) is 16.1 Å². The van der Waals surface area contributed by atoms with Crippen LogP contribution in [0.1, 0.15) is 31.0 Å². The Kier molecular flexibility index (Phi) is 6.50. The molecule has 0 unspecified atom stereocenters. The van der Waals surface area contributed by atoms with E-state index in [0.29, 0.717) is 50.3 Å². The number of nitrogens with zero attached hydrogens (tertiary/aromatic N) is 6. The molecule has 0 spiro atoms. The molecule has 3 aromatic rings. The maximum Gasteiger partial charge on any atom is 0.308 e. The number of anilines is 3. The van der Waals surface area contributed by atoms with Gasteiger partial charge in [-0.25, -0.2) is 9.97 Å². The van der Waals surface area contributed by atoms with Gasteiger partial charge in [0, 0.05) is 25.9 Å². The second kappa shape index (κ2) is 9.47. The molecular formula is C22H29N7O3. The molecule has 1 atom stereocenters. The summed E-state index contributed by atoms with van der Waals surface area (Å²) in [4.78, 5) is 27.6. The van der Waals surface area contributed by atoms with Gasteiger partial charge in [-0.15, -0.1) is 0 Å². The first-order chi connectivity index (χ1) is 15.5. The minimum atomic E-state index is -0.780. The summed E-state index contributed by atoms with van der Waals surface area (Å²) in [6.45, 7) is 8.71. The highest BCUT2D eigenvalue weighted by molar-refractivity contribution is 5.90. The van der Waals surface area contributed by atoms with Crippen LogP contribution in [0.4, 0.5) is 17.6 Å². The fourth-order valence-electron chi connectivity index (χ4n) is 3.93. The van der Waals surface area contributed by atoms with E-state index in [2.05, 4.69) is 15.4 Å². The van der Waals surface area contributed by atoms with E-state index in [1.165, 1.54) is 0 Å². The van der Waals surface area contributed by atoms with Gasteiger partial charge in [-0.2, -0.15) is 10.1 Å². The third-order valence-electron chi connectivity index (χ3n) is 5.61. The number of piperidine rings is 1. The summed E-state index contributed by atoms with van der Waals surface area (Å²) in [6.07, 6.45) is 3.25. The number of rotatable bonds is 8. The highest BCUT2D eigenvalue weighted by Gasteiger charge is 2.28. The zero-order valence-electron chi connectivity index (χ0n) is 18.7. The highest BCUT2D eigenvalue weighted by atomic mass is 16.5. The minimum absolute atomic E-state index is 0.389. The first kappa shape index (κ1) is 21.9. The molecule has 0 bridgehead atoms. The topological polar surface area (TPSA) is 118 Å². The third-order valence-corrected chi connectivity index (χ3v) is 5.61. The molecule has 10 heteroatoms. The Morgan fingerprint density at radius 2 is 2.16 bits per heavy atom. The number of hydrogen-bond donors (Lipinski definition) is 2. The van der Waals surface area contributed by atoms with E-state index >= 15 is 0 Å². The van der Waals surface area contributed by atoms with E-state index in [4.69, 9.17) is 14.7 Å². The van der Waals surface area contributed by atoms with Crippen molar-refractivity contribution in [2.45, 2.75) is 40.2 Å². The van der Waals surface area contributed by atoms with E-state index in [1.807, 2.05) is 42.5 Å². The molecule has 0 amide bonds. The van der Waals surface area contributed by atoms with Crippen molar-refractivity contribution in [3.8, 4) is 0 Å². The van der Waals surface area contributed by atoms with Crippen LogP contribution in [0.2, 0.25) is 0 Å². The number of carboxylic acid groups (broad SMARTS) is 1. The number of aliphatic carboxylic acids is 1. The third kappa shape index (κ3) is 4.64. The van der Waals surface area contributed by atoms with Gasteiger partial charge in [-0.1, -0.05) is 6.07 Å². The lowest BCUT2D eigenvalue weighted by molar-refractivity contribution is -0.141. The van der Waals surface area contributed by atoms with Crippen LogP contribution in [0.3, 0.4) is 0 Å². The predicted molar refractivity (Wildman–Crippen MR) is 121 cm³/mol. The smallest absolute Gasteiger partial charge is 0.308 e. The average Bonchev–Trinajstić information content (AvgIpc) is 3.11. The number of pyridine rings is 1. The lowest BCUT2D eigenvalue weighted by Crippen LogP contribution is -2.39. The largest absolute Gasteiger partial charge is 0.481 e. The van der Waals surface area contributed by atoms with Gasteiger partial charge in [0.1, 0.15) is 16.9 Å². The molecular weight excluding hydrogens is 410 g/mol. The SMILES string of the molecule is CCOCCn1nc(C)c2nc(N3CCC[C@@H](C(=O)O)C3)nc(Nc3ccc(C)cn3)c21. The average molecular weight is 440 g/mol. The second-order valence-electron chi connectivity index (χ2n) is 8.04. The van der Waals surface area contributed by atoms with Gasteiger partial charge in [-0.05, 0) is 45.2 Å². The number of aryl methyl sites for hydroxylation is 2. The molecule has 3 aromatic heterocycles. The highest BCUT2D eigenvalue weighted by Crippen LogP contribution is 2.30. The first-order valence-electron chi connectivity index (χ1n) is 11.0. The lowest BCUT2D eigenvalue weighted by atomic mass is 9.99. The molecule has 1 aliphatic rings. The zero-order valence-corrected chi connectivity index (χ0v) is 18.7. The quantitative estimate of drug-likeness (QED) is 0.511. The number of aromatic nitrogens is 5. The number of ether oxygens (including phenoxy) is 1. The minimum Gasteiger partial charge on any atom is -0.481 e. The van der Waals surface area contributed by atoms with Crippen LogP contribution in [0.15, 0.2) is 18.3 Å². The van der Waals surface area contributed by atoms with Gasteiger partial charge in [0.05, 0.1) is 24.8 Å². The van der Waals surface area contributed by atoms with Gasteiger partial charge in [-0.3, -0.25) is 9.48 Å². The van der Waals surface area contributed by atoms with Crippen LogP contribution in [0, 0.1) is 19.8 Å². The number of nitrogens with one attached hydrogen (secondary N) is 1. The van der Waals surface area contributed by atoms with E-state index < -0.39 is 11.9 Å². The molecule has 4 heterocycles. The second-order valence-corrected chi connectivity index (χ2v) is 8.04. The van der Waals surface area contributed by atoms with Gasteiger partial charge in [0.2, 0.25) is 5.95 Å². The van der Waals surface area contributed by atoms with Crippen molar-refractivity contribution in [2.75, 3.05) is 36.5 Å². The van der Waals surface area contributed by atoms with Crippen molar-refractivity contribution >= 4 is 34.6 Å². The standard InChI is InChI=1S/C22H29N7O3/c1-4-32-11-10-29-19-18(15(3)27-29)25-22(28-9-5-6-16(13-28)21(30)31)26-20(19)24-17-8-7-14(2)12-23-17/h7-8,12,16H,4-6,9-11,13H2,1-3H3,(H,30,31)(H,23,24,25,26)/t16-/m1/s1. The van der Waals surface area contributed by atoms with Crippen molar-refractivity contribution in [1.29, 1.82) is 0 Å². The van der Waals surface area contributed by atoms with E-state index in [9.17, 15) is 9.90 Å². The van der Waals surface area contributed by atoms with Crippen molar-refractivity contribution < 1.29 is 14.6 Å². The summed E-state index contributed by atoms with van der Waals surface area (Å²) in [6, 6.07) is 3.88. The number of hydrogen-bond acceptors (Lipinski definition) is 8. The van der Waals surface area contributed by atoms with E-state index in [1.54, 1.807) is 6.20 Å². The van der Waals surface area contributed by atoms with Crippen molar-refractivity contribution in [3.63, 3.8) is 0 Å². The Labute approximate surface area is 186 Å². The van der Waals surface area contributed by atoms with Crippen LogP contribution in [0.25, 0.3) is 11.0 Å². The van der Waals surface area contributed by atoms with Gasteiger partial charge >= 0.3 is 5.97 Å². The summed E-state index contributed by atoms with van der Waals surface area (Å²) in [5.41, 5.74) is 3.36. The molecule has 10 nitrogen and oxygen atoms in total. The van der Waals surface area contributed by atoms with E-state index in [-0.39, 0.29) is 0 Å². The zero-order chi connectivity index (χ0) is 22.7. The normalized spacial score (nSPS) is 16.5. The van der Waals surface area contributed by atoms with Crippen LogP contribution >= 0.6 is 0 Å². The summed E-state index contributed by atoms with van der Waals surface area (Å²) < 4.78 is 7.38. The van der Waals surface area contributed by atoms with Crippen LogP contribution < -0.4 is 10.2 Å². The molecule has 1 saturated heterocycles. The molecule has 170 valence electrons. The Bertz CT molecular complexity index is 1100. The number of carbonyl (C=O) groups is 1. The molecule has 0 saturated carbocycles. The van der Waals surface area contributed by atoms with Crippen molar-refractivity contribution in [1.82, 2.24) is 24.7 Å². The van der Waals surface area contributed by atoms with Gasteiger partial charge < -0.3 is 20.1 Å². The molecule has 4 rings (SSSR count). The summed E-state index contributed by atoms with van der Waals surface area (Å²) >= 11 is 0. The molecule has 0 radical (unpaired) electrons. The first-order valence-corrected chi connectivity index (χ1v) is 11.0. The van der Waals surface area contributed by atoms with E-state index in [0.717, 1.165) is 35.3 Å². The van der Waals surface area contributed by atoms with Crippen LogP contribution in [-0.4, -0.2) is 62.1 Å². The fraction of sp³-hybridized carbons (Fsp3) is 0.500. The maximum atomic E-state index is 11.5. The molecule has 32 heavy (non-hydrogen) atoms. The number of fused-ring (bicyclic) bond motifs is 1. The van der Waals surface area contributed by atoms with Gasteiger partial charge in [0.15, 0.2) is 5.82 Å². The van der Waals surface area contributed by atoms with Crippen molar-refractivity contribution in [3.05, 3.63) is 29.6 Å². The Morgan fingerprint density at radius 1 is 1.31 bits per heavy atom. The monoisotopic (exact) mass is 439 g/mol. The van der Waals surface area contributed by atoms with Crippen molar-refractivity contribution in [2.24, 2.45) is 5.92 Å². The molecule has 1 fully saturated rings. The molecule has 2 N–H and O–H groups in total. The lowest BCUT2D eigenvalue weighted by Gasteiger charge is -2.31. The maximum absolute atomic E-state index is 11.5. The molecule has 0 aliphatic carbocycles. The summed E-state index contributed by atoms with van der Waals surface area (Å²) in [5, 5.41) is 17.5. The fourth-order valence-corrected chi connectivity index (χ4v) is 3.93. The summed E-state index contributed by atoms with van der Waals surface area (Å²) in [7, 11) is 0. The Hall–Kier alpha value is -3.27. The molecule has 0 aromatic carbocycles. The Morgan fingerprint density at radius 3 is 2.88 bits per heavy atom. The number of carboxylic acids is 1.